The van der Waals surface area contributed by atoms with Crippen LogP contribution in [0.15, 0.2) is 18.2 Å². The number of carbonyl (C=O) groups excluding carboxylic acids is 1. The predicted molar refractivity (Wildman–Crippen MR) is 91.5 cm³/mol. The van der Waals surface area contributed by atoms with Gasteiger partial charge < -0.3 is 25.4 Å². The molecule has 0 saturated heterocycles. The number of hydrogen-bond acceptors (Lipinski definition) is 5. The minimum absolute atomic E-state index is 0.0723. The van der Waals surface area contributed by atoms with Crippen LogP contribution >= 0.6 is 7.60 Å². The van der Waals surface area contributed by atoms with Crippen molar-refractivity contribution >= 4 is 30.7 Å². The van der Waals surface area contributed by atoms with Crippen LogP contribution in [-0.2, 0) is 19.6 Å². The number of likely N-dealkylation sites (N-methyl/N-ethyl adjacent to an activating group) is 1. The Morgan fingerprint density at radius 3 is 2.08 bits per heavy atom. The maximum atomic E-state index is 12.3. The monoisotopic (exact) mass is 374 g/mol. The summed E-state index contributed by atoms with van der Waals surface area (Å²) in [6.07, 6.45) is -0.866. The molecule has 0 fully saturated rings. The van der Waals surface area contributed by atoms with Gasteiger partial charge in [-0.15, -0.1) is 0 Å². The number of hydrogen-bond donors (Lipinski definition) is 4. The zero-order chi connectivity index (χ0) is 19.8. The molecule has 1 amide bonds. The molecule has 0 spiro atoms. The molecule has 1 atom stereocenters. The molecule has 10 heteroatoms. The van der Waals surface area contributed by atoms with E-state index in [0.717, 1.165) is 17.0 Å². The second-order valence-corrected chi connectivity index (χ2v) is 8.30. The van der Waals surface area contributed by atoms with E-state index in [1.165, 1.54) is 20.0 Å². The Kier molecular flexibility index (Phi) is 5.59. The van der Waals surface area contributed by atoms with Crippen LogP contribution in [0.25, 0.3) is 0 Å². The summed E-state index contributed by atoms with van der Waals surface area (Å²) in [5, 5.41) is 9.27. The summed E-state index contributed by atoms with van der Waals surface area (Å²) >= 11 is 0. The summed E-state index contributed by atoms with van der Waals surface area (Å²) in [5.74, 6) is -1.36. The summed E-state index contributed by atoms with van der Waals surface area (Å²) in [4.78, 5) is 43.5. The zero-order valence-corrected chi connectivity index (χ0v) is 15.6. The van der Waals surface area contributed by atoms with Gasteiger partial charge in [0.15, 0.2) is 5.54 Å². The number of rotatable bonds is 4. The molecule has 25 heavy (non-hydrogen) atoms. The lowest BCUT2D eigenvalue weighted by molar-refractivity contribution is -0.150. The first-order valence-electron chi connectivity index (χ1n) is 7.27. The topological polar surface area (TPSA) is 150 Å². The molecule has 9 nitrogen and oxygen atoms in total. The van der Waals surface area contributed by atoms with Gasteiger partial charge in [-0.1, -0.05) is 6.07 Å². The van der Waals surface area contributed by atoms with Crippen molar-refractivity contribution in [3.8, 4) is 0 Å². The maximum absolute atomic E-state index is 12.3. The Labute approximate surface area is 145 Å². The van der Waals surface area contributed by atoms with Crippen molar-refractivity contribution in [3.63, 3.8) is 0 Å². The average Bonchev–Trinajstić information content (AvgIpc) is 2.41. The fourth-order valence-electron chi connectivity index (χ4n) is 2.10. The smallest absolute Gasteiger partial charge is 0.411 e. The molecule has 0 heterocycles. The van der Waals surface area contributed by atoms with Crippen molar-refractivity contribution in [2.75, 3.05) is 12.8 Å². The highest BCUT2D eigenvalue weighted by Gasteiger charge is 2.44. The molecule has 5 N–H and O–H groups in total. The first-order valence-corrected chi connectivity index (χ1v) is 8.88. The Morgan fingerprint density at radius 2 is 1.72 bits per heavy atom. The lowest BCUT2D eigenvalue weighted by atomic mass is 9.90. The number of carboxylic acids is 1. The van der Waals surface area contributed by atoms with Crippen molar-refractivity contribution in [1.29, 1.82) is 0 Å². The van der Waals surface area contributed by atoms with E-state index in [1.54, 1.807) is 20.8 Å². The van der Waals surface area contributed by atoms with Crippen LogP contribution in [-0.4, -0.2) is 44.5 Å². The molecule has 1 aromatic rings. The molecule has 1 rings (SSSR count). The van der Waals surface area contributed by atoms with Gasteiger partial charge >= 0.3 is 19.7 Å². The molecule has 140 valence electrons. The molecular formula is C15H23N2O7P. The second-order valence-electron chi connectivity index (χ2n) is 6.73. The van der Waals surface area contributed by atoms with Gasteiger partial charge in [0.1, 0.15) is 5.60 Å². The normalized spacial score (nSPS) is 14.5. The van der Waals surface area contributed by atoms with E-state index < -0.39 is 36.1 Å². The van der Waals surface area contributed by atoms with Gasteiger partial charge in [0.05, 0.1) is 5.30 Å². The predicted octanol–water partition coefficient (Wildman–Crippen LogP) is 1.24. The molecule has 0 radical (unpaired) electrons. The van der Waals surface area contributed by atoms with Crippen LogP contribution in [0.2, 0.25) is 0 Å². The van der Waals surface area contributed by atoms with Crippen molar-refractivity contribution in [2.24, 2.45) is 0 Å². The van der Waals surface area contributed by atoms with Gasteiger partial charge in [-0.2, -0.15) is 0 Å². The summed E-state index contributed by atoms with van der Waals surface area (Å²) in [6.45, 7) is 6.20. The van der Waals surface area contributed by atoms with Crippen LogP contribution < -0.4 is 11.0 Å². The van der Waals surface area contributed by atoms with Crippen molar-refractivity contribution in [2.45, 2.75) is 38.8 Å². The van der Waals surface area contributed by atoms with Crippen LogP contribution in [0.3, 0.4) is 0 Å². The third-order valence-corrected chi connectivity index (χ3v) is 4.69. The van der Waals surface area contributed by atoms with Crippen LogP contribution in [0, 0.1) is 0 Å². The summed E-state index contributed by atoms with van der Waals surface area (Å²) in [6, 6.07) is 3.39. The Balaban J connectivity index is 3.40. The molecule has 0 aromatic heterocycles. The number of nitrogens with zero attached hydrogens (tertiary/aromatic N) is 1. The largest absolute Gasteiger partial charge is 0.479 e. The Hall–Kier alpha value is -2.09. The summed E-state index contributed by atoms with van der Waals surface area (Å²) in [7, 11) is -3.34. The number of nitrogens with two attached hydrogens (primary N) is 1. The van der Waals surface area contributed by atoms with Gasteiger partial charge in [0.25, 0.3) is 0 Å². The van der Waals surface area contributed by atoms with Crippen LogP contribution in [0.1, 0.15) is 33.3 Å². The lowest BCUT2D eigenvalue weighted by Crippen LogP contribution is -2.52. The summed E-state index contributed by atoms with van der Waals surface area (Å²) < 4.78 is 16.6. The third-order valence-electron chi connectivity index (χ3n) is 3.66. The van der Waals surface area contributed by atoms with E-state index in [2.05, 4.69) is 0 Å². The molecule has 1 aromatic carbocycles. The average molecular weight is 374 g/mol. The van der Waals surface area contributed by atoms with Crippen molar-refractivity contribution in [3.05, 3.63) is 23.8 Å². The van der Waals surface area contributed by atoms with E-state index in [0.29, 0.717) is 0 Å². The SMILES string of the molecule is CN(C(=O)OC(C)(C)C)C(C)(C(=O)O)c1ccc(P(=O)(O)O)c(N)c1. The highest BCUT2D eigenvalue weighted by molar-refractivity contribution is 7.60. The highest BCUT2D eigenvalue weighted by atomic mass is 31.2. The molecular weight excluding hydrogens is 351 g/mol. The number of benzene rings is 1. The first kappa shape index (κ1) is 21.0. The quantitative estimate of drug-likeness (QED) is 0.454. The molecule has 0 bridgehead atoms. The lowest BCUT2D eigenvalue weighted by Gasteiger charge is -2.36. The van der Waals surface area contributed by atoms with Gasteiger partial charge in [0.2, 0.25) is 0 Å². The van der Waals surface area contributed by atoms with Gasteiger partial charge in [-0.3, -0.25) is 9.46 Å². The van der Waals surface area contributed by atoms with E-state index in [4.69, 9.17) is 10.5 Å². The summed E-state index contributed by atoms with van der Waals surface area (Å²) in [5.41, 5.74) is 2.78. The number of carbonyl (C=O) groups is 2. The van der Waals surface area contributed by atoms with Crippen LogP contribution in [0.5, 0.6) is 0 Å². The second kappa shape index (κ2) is 6.67. The maximum Gasteiger partial charge on any atom is 0.411 e. The number of amides is 1. The zero-order valence-electron chi connectivity index (χ0n) is 14.7. The highest BCUT2D eigenvalue weighted by Crippen LogP contribution is 2.38. The molecule has 0 aliphatic carbocycles. The molecule has 0 aliphatic heterocycles. The fourth-order valence-corrected chi connectivity index (χ4v) is 2.77. The number of carboxylic acid groups (broad SMARTS) is 1. The molecule has 0 aliphatic rings. The molecule has 0 saturated carbocycles. The van der Waals surface area contributed by atoms with Crippen molar-refractivity contribution in [1.82, 2.24) is 4.90 Å². The number of aliphatic carboxylic acids is 1. The Bertz CT molecular complexity index is 738. The van der Waals surface area contributed by atoms with E-state index in [1.807, 2.05) is 0 Å². The number of anilines is 1. The van der Waals surface area contributed by atoms with Gasteiger partial charge in [-0.25, -0.2) is 9.59 Å². The third kappa shape index (κ3) is 4.50. The standard InChI is InChI=1S/C15H23N2O7P/c1-14(2,3)24-13(20)17(5)15(4,12(18)19)9-6-7-11(10(16)8-9)25(21,22)23/h6-8H,16H2,1-5H3,(H,18,19)(H2,21,22,23). The van der Waals surface area contributed by atoms with E-state index in [-0.39, 0.29) is 11.3 Å². The van der Waals surface area contributed by atoms with E-state index >= 15 is 0 Å². The number of nitrogen functional groups attached to an aromatic ring is 1. The number of ether oxygens (including phenoxy) is 1. The van der Waals surface area contributed by atoms with Crippen molar-refractivity contribution < 1.29 is 33.8 Å². The van der Waals surface area contributed by atoms with Crippen LogP contribution in [0.4, 0.5) is 10.5 Å². The van der Waals surface area contributed by atoms with E-state index in [9.17, 15) is 29.0 Å². The minimum atomic E-state index is -4.60. The Morgan fingerprint density at radius 1 is 1.20 bits per heavy atom. The van der Waals surface area contributed by atoms with Gasteiger partial charge in [-0.05, 0) is 45.4 Å². The minimum Gasteiger partial charge on any atom is -0.479 e. The van der Waals surface area contributed by atoms with Gasteiger partial charge in [0, 0.05) is 12.7 Å². The molecule has 1 unspecified atom stereocenters. The first-order chi connectivity index (χ1) is 11.1. The fraction of sp³-hybridized carbons (Fsp3) is 0.467.